The van der Waals surface area contributed by atoms with Gasteiger partial charge in [-0.3, -0.25) is 14.6 Å². The Hall–Kier alpha value is -2.21. The Labute approximate surface area is 137 Å². The van der Waals surface area contributed by atoms with E-state index >= 15 is 0 Å². The van der Waals surface area contributed by atoms with Gasteiger partial charge >= 0.3 is 0 Å². The molecule has 2 N–H and O–H groups in total. The van der Waals surface area contributed by atoms with Gasteiger partial charge in [0.1, 0.15) is 0 Å². The molecule has 1 aromatic carbocycles. The summed E-state index contributed by atoms with van der Waals surface area (Å²) in [5.74, 6) is -0.573. The molecule has 2 amide bonds. The molecule has 5 nitrogen and oxygen atoms in total. The van der Waals surface area contributed by atoms with E-state index in [0.717, 1.165) is 4.47 Å². The first-order valence-electron chi connectivity index (χ1n) is 6.79. The first-order chi connectivity index (χ1) is 10.5. The number of carbonyl (C=O) groups is 2. The van der Waals surface area contributed by atoms with E-state index in [9.17, 15) is 9.59 Å². The molecule has 0 bridgehead atoms. The predicted octanol–water partition coefficient (Wildman–Crippen LogP) is 3.23. The van der Waals surface area contributed by atoms with Crippen LogP contribution in [-0.4, -0.2) is 22.8 Å². The molecular formula is C16H16BrN3O2. The van der Waals surface area contributed by atoms with Gasteiger partial charge < -0.3 is 10.6 Å². The molecule has 0 radical (unpaired) electrons. The van der Waals surface area contributed by atoms with Crippen LogP contribution in [-0.2, 0) is 0 Å². The Balaban J connectivity index is 2.17. The summed E-state index contributed by atoms with van der Waals surface area (Å²) < 4.78 is 0.782. The molecule has 0 unspecified atom stereocenters. The number of benzene rings is 1. The molecule has 0 spiro atoms. The topological polar surface area (TPSA) is 71.1 Å². The summed E-state index contributed by atoms with van der Waals surface area (Å²) >= 11 is 3.37. The monoisotopic (exact) mass is 361 g/mol. The van der Waals surface area contributed by atoms with Crippen molar-refractivity contribution in [2.45, 2.75) is 19.9 Å². The summed E-state index contributed by atoms with van der Waals surface area (Å²) in [7, 11) is 0. The average molecular weight is 362 g/mol. The van der Waals surface area contributed by atoms with Crippen molar-refractivity contribution in [2.24, 2.45) is 0 Å². The number of carbonyl (C=O) groups excluding carboxylic acids is 2. The van der Waals surface area contributed by atoms with Gasteiger partial charge in [-0.2, -0.15) is 0 Å². The molecule has 0 saturated carbocycles. The van der Waals surface area contributed by atoms with Gasteiger partial charge in [0.05, 0.1) is 16.8 Å². The smallest absolute Gasteiger partial charge is 0.257 e. The van der Waals surface area contributed by atoms with Crippen LogP contribution in [0.5, 0.6) is 0 Å². The van der Waals surface area contributed by atoms with Crippen LogP contribution in [0.25, 0.3) is 0 Å². The molecule has 0 aliphatic rings. The van der Waals surface area contributed by atoms with Crippen molar-refractivity contribution < 1.29 is 9.59 Å². The van der Waals surface area contributed by atoms with Gasteiger partial charge in [0.2, 0.25) is 0 Å². The van der Waals surface area contributed by atoms with Crippen molar-refractivity contribution in [3.8, 4) is 0 Å². The first kappa shape index (κ1) is 16.2. The third kappa shape index (κ3) is 4.14. The Morgan fingerprint density at radius 3 is 2.36 bits per heavy atom. The van der Waals surface area contributed by atoms with E-state index in [1.165, 1.54) is 18.5 Å². The molecule has 2 aromatic rings. The Morgan fingerprint density at radius 2 is 1.73 bits per heavy atom. The van der Waals surface area contributed by atoms with E-state index < -0.39 is 0 Å². The number of anilines is 1. The maximum atomic E-state index is 12.3. The van der Waals surface area contributed by atoms with Crippen LogP contribution in [0.15, 0.2) is 47.2 Å². The van der Waals surface area contributed by atoms with Gasteiger partial charge in [0.15, 0.2) is 0 Å². The summed E-state index contributed by atoms with van der Waals surface area (Å²) in [6.45, 7) is 3.74. The molecule has 0 fully saturated rings. The third-order valence-electron chi connectivity index (χ3n) is 2.80. The van der Waals surface area contributed by atoms with E-state index in [-0.39, 0.29) is 17.9 Å². The minimum Gasteiger partial charge on any atom is -0.350 e. The lowest BCUT2D eigenvalue weighted by Crippen LogP contribution is -2.30. The van der Waals surface area contributed by atoms with Crippen LogP contribution in [0, 0.1) is 0 Å². The average Bonchev–Trinajstić information content (AvgIpc) is 2.49. The SMILES string of the molecule is CC(C)NC(=O)c1cncc(C(=O)Nc2ccccc2Br)c1. The van der Waals surface area contributed by atoms with E-state index in [1.807, 2.05) is 32.0 Å². The number of hydrogen-bond acceptors (Lipinski definition) is 3. The van der Waals surface area contributed by atoms with Crippen LogP contribution in [0.2, 0.25) is 0 Å². The highest BCUT2D eigenvalue weighted by Gasteiger charge is 2.13. The molecule has 0 aliphatic heterocycles. The van der Waals surface area contributed by atoms with Crippen LogP contribution < -0.4 is 10.6 Å². The fourth-order valence-electron chi connectivity index (χ4n) is 1.79. The Morgan fingerprint density at radius 1 is 1.09 bits per heavy atom. The van der Waals surface area contributed by atoms with Crippen molar-refractivity contribution in [1.82, 2.24) is 10.3 Å². The maximum absolute atomic E-state index is 12.3. The molecule has 1 aromatic heterocycles. The van der Waals surface area contributed by atoms with Crippen LogP contribution in [0.4, 0.5) is 5.69 Å². The van der Waals surface area contributed by atoms with Gasteiger partial charge in [0, 0.05) is 22.9 Å². The van der Waals surface area contributed by atoms with Gasteiger partial charge in [-0.15, -0.1) is 0 Å². The molecular weight excluding hydrogens is 346 g/mol. The number of amides is 2. The quantitative estimate of drug-likeness (QED) is 0.877. The normalized spacial score (nSPS) is 10.4. The molecule has 0 saturated heterocycles. The lowest BCUT2D eigenvalue weighted by atomic mass is 10.1. The molecule has 2 rings (SSSR count). The number of nitrogens with one attached hydrogen (secondary N) is 2. The second-order valence-corrected chi connectivity index (χ2v) is 5.88. The highest BCUT2D eigenvalue weighted by molar-refractivity contribution is 9.10. The van der Waals surface area contributed by atoms with Crippen molar-refractivity contribution in [1.29, 1.82) is 0 Å². The summed E-state index contributed by atoms with van der Waals surface area (Å²) in [4.78, 5) is 28.2. The maximum Gasteiger partial charge on any atom is 0.257 e. The summed E-state index contributed by atoms with van der Waals surface area (Å²) in [5.41, 5.74) is 1.34. The largest absolute Gasteiger partial charge is 0.350 e. The Bertz CT molecular complexity index is 701. The highest BCUT2D eigenvalue weighted by Crippen LogP contribution is 2.21. The van der Waals surface area contributed by atoms with Crippen LogP contribution >= 0.6 is 15.9 Å². The second-order valence-electron chi connectivity index (χ2n) is 5.02. The van der Waals surface area contributed by atoms with Gasteiger partial charge in [-0.1, -0.05) is 12.1 Å². The van der Waals surface area contributed by atoms with Crippen molar-refractivity contribution in [2.75, 3.05) is 5.32 Å². The standard InChI is InChI=1S/C16H16BrN3O2/c1-10(2)19-15(21)11-7-12(9-18-8-11)16(22)20-14-6-4-3-5-13(14)17/h3-10H,1-2H3,(H,19,21)(H,20,22). The van der Waals surface area contributed by atoms with Crippen molar-refractivity contribution in [3.63, 3.8) is 0 Å². The van der Waals surface area contributed by atoms with Crippen LogP contribution in [0.1, 0.15) is 34.6 Å². The molecule has 0 aliphatic carbocycles. The fourth-order valence-corrected chi connectivity index (χ4v) is 2.17. The first-order valence-corrected chi connectivity index (χ1v) is 7.58. The lowest BCUT2D eigenvalue weighted by Gasteiger charge is -2.10. The van der Waals surface area contributed by atoms with E-state index in [2.05, 4.69) is 31.5 Å². The Kier molecular flexibility index (Phi) is 5.27. The number of nitrogens with zero attached hydrogens (tertiary/aromatic N) is 1. The zero-order valence-corrected chi connectivity index (χ0v) is 13.8. The molecule has 114 valence electrons. The van der Waals surface area contributed by atoms with Gasteiger partial charge in [0.25, 0.3) is 11.8 Å². The van der Waals surface area contributed by atoms with Crippen LogP contribution in [0.3, 0.4) is 0 Å². The number of aromatic nitrogens is 1. The van der Waals surface area contributed by atoms with Gasteiger partial charge in [-0.05, 0) is 48.0 Å². The minimum atomic E-state index is -0.321. The number of halogens is 1. The highest BCUT2D eigenvalue weighted by atomic mass is 79.9. The zero-order chi connectivity index (χ0) is 16.1. The predicted molar refractivity (Wildman–Crippen MR) is 88.9 cm³/mol. The number of para-hydroxylation sites is 1. The van der Waals surface area contributed by atoms with Crippen molar-refractivity contribution >= 4 is 33.4 Å². The minimum absolute atomic E-state index is 0.0188. The number of rotatable bonds is 4. The molecule has 22 heavy (non-hydrogen) atoms. The van der Waals surface area contributed by atoms with Crippen molar-refractivity contribution in [3.05, 3.63) is 58.3 Å². The zero-order valence-electron chi connectivity index (χ0n) is 12.3. The number of pyridine rings is 1. The second kappa shape index (κ2) is 7.17. The summed E-state index contributed by atoms with van der Waals surface area (Å²) in [6, 6.07) is 8.84. The molecule has 1 heterocycles. The summed E-state index contributed by atoms with van der Waals surface area (Å²) in [6.07, 6.45) is 2.87. The lowest BCUT2D eigenvalue weighted by molar-refractivity contribution is 0.0942. The summed E-state index contributed by atoms with van der Waals surface area (Å²) in [5, 5.41) is 5.54. The fraction of sp³-hybridized carbons (Fsp3) is 0.188. The third-order valence-corrected chi connectivity index (χ3v) is 3.50. The van der Waals surface area contributed by atoms with E-state index in [1.54, 1.807) is 6.07 Å². The molecule has 0 atom stereocenters. The van der Waals surface area contributed by atoms with E-state index in [4.69, 9.17) is 0 Å². The van der Waals surface area contributed by atoms with Gasteiger partial charge in [-0.25, -0.2) is 0 Å². The number of hydrogen-bond donors (Lipinski definition) is 2. The molecule has 6 heteroatoms. The van der Waals surface area contributed by atoms with E-state index in [0.29, 0.717) is 16.8 Å².